The highest BCUT2D eigenvalue weighted by atomic mass is 16.8. The third kappa shape index (κ3) is 20.6. The first kappa shape index (κ1) is 68.2. The van der Waals surface area contributed by atoms with Crippen molar-refractivity contribution in [1.82, 2.24) is 0 Å². The summed E-state index contributed by atoms with van der Waals surface area (Å²) in [5.74, 6) is -8.94. The van der Waals surface area contributed by atoms with E-state index in [4.69, 9.17) is 42.6 Å². The number of rotatable bonds is 25. The van der Waals surface area contributed by atoms with E-state index in [0.29, 0.717) is 0 Å². The Balaban J connectivity index is 0.000000196. The average Bonchev–Trinajstić information content (AvgIpc) is 1.31. The molecule has 0 bridgehead atoms. The highest BCUT2D eigenvalue weighted by molar-refractivity contribution is 5.85. The van der Waals surface area contributed by atoms with Crippen molar-refractivity contribution in [2.24, 2.45) is 0 Å². The van der Waals surface area contributed by atoms with Gasteiger partial charge in [-0.2, -0.15) is 0 Å². The molecule has 9 heterocycles. The molecule has 92 heavy (non-hydrogen) atoms. The smallest absolute Gasteiger partial charge is 0.463 e. The van der Waals surface area contributed by atoms with Crippen molar-refractivity contribution < 1.29 is 214 Å². The van der Waals surface area contributed by atoms with Crippen LogP contribution in [0.1, 0.15) is 13.3 Å². The van der Waals surface area contributed by atoms with Gasteiger partial charge in [0.25, 0.3) is 0 Å². The van der Waals surface area contributed by atoms with E-state index in [0.717, 1.165) is 0 Å². The molecule has 0 aliphatic carbocycles. The summed E-state index contributed by atoms with van der Waals surface area (Å²) in [6, 6.07) is 0. The number of carbonyl (C=O) groups is 18. The molecule has 9 aliphatic rings. The quantitative estimate of drug-likeness (QED) is 0.0634. The summed E-state index contributed by atoms with van der Waals surface area (Å²) >= 11 is 0. The van der Waals surface area contributed by atoms with E-state index in [-0.39, 0.29) is 59.3 Å². The number of ether oxygens (including phenoxy) is 27. The second kappa shape index (κ2) is 31.7. The van der Waals surface area contributed by atoms with Gasteiger partial charge >= 0.3 is 109 Å². The lowest BCUT2D eigenvalue weighted by molar-refractivity contribution is -0.190. The lowest BCUT2D eigenvalue weighted by Gasteiger charge is -2.29. The molecule has 0 saturated carbocycles. The molecule has 0 amide bonds. The van der Waals surface area contributed by atoms with Crippen LogP contribution in [-0.2, 0) is 171 Å². The van der Waals surface area contributed by atoms with E-state index >= 15 is 0 Å². The molecule has 9 aliphatic heterocycles. The summed E-state index contributed by atoms with van der Waals surface area (Å²) in [4.78, 5) is 206. The van der Waals surface area contributed by atoms with Gasteiger partial charge in [0.1, 0.15) is 98.6 Å². The van der Waals surface area contributed by atoms with Crippen LogP contribution < -0.4 is 0 Å². The van der Waals surface area contributed by atoms with Gasteiger partial charge in [-0.3, -0.25) is 0 Å². The molecule has 9 fully saturated rings. The van der Waals surface area contributed by atoms with Crippen molar-refractivity contribution >= 4 is 109 Å². The second-order valence-electron chi connectivity index (χ2n) is 18.6. The average molecular weight is 1330 g/mol. The fourth-order valence-corrected chi connectivity index (χ4v) is 7.00. The van der Waals surface area contributed by atoms with Crippen molar-refractivity contribution in [3.8, 4) is 0 Å². The summed E-state index contributed by atoms with van der Waals surface area (Å²) in [7, 11) is 0. The van der Waals surface area contributed by atoms with Crippen LogP contribution in [0.2, 0.25) is 0 Å². The Bertz CT molecular complexity index is 2810. The van der Waals surface area contributed by atoms with Crippen LogP contribution in [-0.4, -0.2) is 281 Å². The van der Waals surface area contributed by atoms with Gasteiger partial charge in [-0.05, 0) is 6.92 Å². The van der Waals surface area contributed by atoms with Crippen molar-refractivity contribution in [1.29, 1.82) is 0 Å². The lowest BCUT2D eigenvalue weighted by Crippen LogP contribution is -2.47. The Morgan fingerprint density at radius 1 is 0.315 bits per heavy atom. The molecule has 0 spiro atoms. The summed E-state index contributed by atoms with van der Waals surface area (Å²) in [5, 5.41) is 0. The Morgan fingerprint density at radius 2 is 0.533 bits per heavy atom. The molecule has 0 radical (unpaired) electrons. The number of hydrogen-bond donors (Lipinski definition) is 0. The Labute approximate surface area is 507 Å². The largest absolute Gasteiger partial charge is 0.509 e. The van der Waals surface area contributed by atoms with Crippen LogP contribution >= 0.6 is 0 Å². The second-order valence-corrected chi connectivity index (χ2v) is 18.6. The molecule has 10 unspecified atom stereocenters. The number of carbonyl (C=O) groups excluding carboxylic acids is 18. The first-order chi connectivity index (χ1) is 43.8. The van der Waals surface area contributed by atoms with Crippen LogP contribution in [0.25, 0.3) is 0 Å². The minimum Gasteiger partial charge on any atom is -0.463 e. The zero-order valence-electron chi connectivity index (χ0n) is 46.5. The molecular weight excluding hydrogens is 1280 g/mol. The zero-order chi connectivity index (χ0) is 66.6. The van der Waals surface area contributed by atoms with Crippen LogP contribution in [0.3, 0.4) is 0 Å². The van der Waals surface area contributed by atoms with Crippen molar-refractivity contribution in [2.45, 2.75) is 86.1 Å². The molecule has 504 valence electrons. The fraction of sp³-hybridized carbons (Fsp3) is 0.617. The van der Waals surface area contributed by atoms with Gasteiger partial charge in [0.2, 0.25) is 54.9 Å². The number of cyclic esters (lactones) is 18. The van der Waals surface area contributed by atoms with Gasteiger partial charge in [-0.15, -0.1) is 0 Å². The molecule has 10 atom stereocenters. The first-order valence-corrected chi connectivity index (χ1v) is 25.9. The lowest BCUT2D eigenvalue weighted by atomic mass is 10.1. The number of hydrogen-bond acceptors (Lipinski definition) is 45. The van der Waals surface area contributed by atoms with Gasteiger partial charge in [0.05, 0.1) is 6.61 Å². The molecule has 0 aromatic rings. The van der Waals surface area contributed by atoms with Crippen LogP contribution in [0.4, 0.5) is 43.2 Å². The predicted molar refractivity (Wildman–Crippen MR) is 251 cm³/mol. The van der Waals surface area contributed by atoms with Gasteiger partial charge < -0.3 is 128 Å². The summed E-state index contributed by atoms with van der Waals surface area (Å²) < 4.78 is 126. The van der Waals surface area contributed by atoms with Gasteiger partial charge in [-0.1, -0.05) is 0 Å². The third-order valence-corrected chi connectivity index (χ3v) is 11.6. The van der Waals surface area contributed by atoms with E-state index in [9.17, 15) is 86.3 Å². The molecule has 0 N–H and O–H groups in total. The standard InChI is InChI=1S/2C16H16O15.C15H14O15/c1-16(31-12(19)9-4-25-15(22)30-9,5-26-10(17)7-2-23-13(20)28-7)6-27-11(18)8-3-24-14(21)29-8;17-11(8-4-25-14(20)29-8)23-2-1-7(28-13(19)10-6-27-16(22)31-10)3-24-12(18)9-5-26-15(21)30-9;16-10(7-3-24-13(19)28-7)22-1-6(27-12(18)9-5-26-15(21)30-9)2-23-11(17)8-4-25-14(20)29-8/h7-9H,2-6H2,1H3;7-10H,1-6H2;6-9H,1-5H2. The molecule has 45 heteroatoms. The minimum absolute atomic E-state index is 0.144. The maximum absolute atomic E-state index is 12.3. The number of esters is 9. The molecule has 9 rings (SSSR count). The van der Waals surface area contributed by atoms with Crippen LogP contribution in [0, 0.1) is 0 Å². The van der Waals surface area contributed by atoms with Crippen LogP contribution in [0.15, 0.2) is 0 Å². The highest BCUT2D eigenvalue weighted by Crippen LogP contribution is 2.22. The summed E-state index contributed by atoms with van der Waals surface area (Å²) in [6.07, 6.45) is -23.9. The SMILES string of the molecule is CC(COC(=O)C1COC(=O)O1)(COC(=O)C1COC(=O)O1)OC(=O)C1COC(=O)O1.O=C1OCC(C(=O)OCC(COC(=O)C2COC(=O)O2)OC(=O)C2COC(=O)O2)O1.O=C1OCC(C(=O)OCCC(COC(=O)C2COC(=O)O2)OC(=O)C2COC(=O)O2)O1. The third-order valence-electron chi connectivity index (χ3n) is 11.6. The maximum Gasteiger partial charge on any atom is 0.509 e. The van der Waals surface area contributed by atoms with E-state index in [2.05, 4.69) is 85.3 Å². The van der Waals surface area contributed by atoms with E-state index in [1.54, 1.807) is 0 Å². The van der Waals surface area contributed by atoms with E-state index in [1.165, 1.54) is 6.92 Å². The van der Waals surface area contributed by atoms with Crippen molar-refractivity contribution in [3.05, 3.63) is 0 Å². The predicted octanol–water partition coefficient (Wildman–Crippen LogP) is -3.45. The Morgan fingerprint density at radius 3 is 0.793 bits per heavy atom. The molecule has 0 aromatic heterocycles. The van der Waals surface area contributed by atoms with Gasteiger partial charge in [0, 0.05) is 6.42 Å². The molecule has 0 aromatic carbocycles. The van der Waals surface area contributed by atoms with Crippen molar-refractivity contribution in [3.63, 3.8) is 0 Å². The Hall–Kier alpha value is -11.3. The van der Waals surface area contributed by atoms with Gasteiger partial charge in [0.15, 0.2) is 11.7 Å². The molecular formula is C47H46O45. The van der Waals surface area contributed by atoms with Gasteiger partial charge in [-0.25, -0.2) is 86.3 Å². The zero-order valence-corrected chi connectivity index (χ0v) is 46.5. The monoisotopic (exact) mass is 1330 g/mol. The fourth-order valence-electron chi connectivity index (χ4n) is 7.00. The highest BCUT2D eigenvalue weighted by Gasteiger charge is 2.45. The Kier molecular flexibility index (Phi) is 23.5. The molecule has 9 saturated heterocycles. The van der Waals surface area contributed by atoms with E-state index in [1.807, 2.05) is 0 Å². The summed E-state index contributed by atoms with van der Waals surface area (Å²) in [6.45, 7) is -5.36. The normalized spacial score (nSPS) is 25.7. The van der Waals surface area contributed by atoms with Crippen molar-refractivity contribution in [2.75, 3.05) is 99.1 Å². The van der Waals surface area contributed by atoms with Crippen LogP contribution in [0.5, 0.6) is 0 Å². The topological polar surface area (TPSA) is 556 Å². The summed E-state index contributed by atoms with van der Waals surface area (Å²) in [5.41, 5.74) is -1.77. The first-order valence-electron chi connectivity index (χ1n) is 25.9. The minimum atomic E-state index is -1.77. The molecule has 45 nitrogen and oxygen atoms in total. The van der Waals surface area contributed by atoms with E-state index < -0.39 is 228 Å². The maximum atomic E-state index is 12.3.